The molecule has 1 atom stereocenters. The van der Waals surface area contributed by atoms with Crippen molar-refractivity contribution in [1.82, 2.24) is 25.3 Å². The minimum atomic E-state index is -1.34. The second-order valence-electron chi connectivity index (χ2n) is 9.71. The predicted molar refractivity (Wildman–Crippen MR) is 140 cm³/mol. The molecule has 0 fully saturated rings. The first-order valence-electron chi connectivity index (χ1n) is 11.9. The van der Waals surface area contributed by atoms with Gasteiger partial charge in [-0.05, 0) is 30.7 Å². The molecular formula is C24H31N8O7+. The Labute approximate surface area is 222 Å². The number of aliphatic carboxylic acids is 2. The normalized spacial score (nSPS) is 12.2. The molecule has 0 aliphatic carbocycles. The highest BCUT2D eigenvalue weighted by Gasteiger charge is 2.22. The van der Waals surface area contributed by atoms with Crippen LogP contribution in [0.1, 0.15) is 28.9 Å². The van der Waals surface area contributed by atoms with Gasteiger partial charge in [-0.15, -0.1) is 0 Å². The molecule has 1 aromatic carbocycles. The highest BCUT2D eigenvalue weighted by molar-refractivity contribution is 5.97. The number of fused-ring (bicyclic) bond motifs is 1. The van der Waals surface area contributed by atoms with E-state index in [4.69, 9.17) is 15.7 Å². The summed E-state index contributed by atoms with van der Waals surface area (Å²) < 4.78 is 0.651. The number of hydroxylamine groups is 1. The maximum absolute atomic E-state index is 12.6. The van der Waals surface area contributed by atoms with Crippen molar-refractivity contribution in [2.75, 3.05) is 45.1 Å². The van der Waals surface area contributed by atoms with E-state index in [1.807, 2.05) is 21.1 Å². The number of carboxylic acid groups (broad SMARTS) is 2. The number of nitrogen functional groups attached to an aromatic ring is 1. The van der Waals surface area contributed by atoms with E-state index in [2.05, 4.69) is 25.3 Å². The summed E-state index contributed by atoms with van der Waals surface area (Å²) in [5.41, 5.74) is 6.31. The number of carboxylic acids is 2. The van der Waals surface area contributed by atoms with Crippen molar-refractivity contribution in [3.63, 3.8) is 0 Å². The number of aromatic amines is 1. The molecule has 2 heterocycles. The third kappa shape index (κ3) is 8.44. The number of hydrogen-bond acceptors (Lipinski definition) is 10. The van der Waals surface area contributed by atoms with Crippen molar-refractivity contribution >= 4 is 40.6 Å². The van der Waals surface area contributed by atoms with Crippen LogP contribution < -0.4 is 21.7 Å². The first kappa shape index (κ1) is 28.9. The molecule has 3 aromatic rings. The molecule has 0 bridgehead atoms. The van der Waals surface area contributed by atoms with Gasteiger partial charge in [-0.3, -0.25) is 19.2 Å². The van der Waals surface area contributed by atoms with Crippen molar-refractivity contribution < 1.29 is 33.9 Å². The zero-order chi connectivity index (χ0) is 28.7. The monoisotopic (exact) mass is 543 g/mol. The summed E-state index contributed by atoms with van der Waals surface area (Å²) in [5, 5.41) is 22.0. The zero-order valence-corrected chi connectivity index (χ0v) is 21.7. The number of carbonyl (C=O) groups excluding carboxylic acids is 1. The van der Waals surface area contributed by atoms with Crippen molar-refractivity contribution in [1.29, 1.82) is 0 Å². The Balaban J connectivity index is 1.81. The summed E-state index contributed by atoms with van der Waals surface area (Å²) in [6.45, 7) is 1.12. The molecule has 0 saturated heterocycles. The second kappa shape index (κ2) is 12.3. The molecule has 0 aliphatic heterocycles. The van der Waals surface area contributed by atoms with E-state index in [1.165, 1.54) is 18.3 Å². The van der Waals surface area contributed by atoms with Crippen molar-refractivity contribution in [2.45, 2.75) is 25.4 Å². The lowest BCUT2D eigenvalue weighted by molar-refractivity contribution is -0.870. The first-order chi connectivity index (χ1) is 18.3. The number of H-pyrrole nitrogens is 1. The molecule has 0 aliphatic rings. The van der Waals surface area contributed by atoms with Crippen molar-refractivity contribution in [3.8, 4) is 0 Å². The van der Waals surface area contributed by atoms with Gasteiger partial charge in [-0.1, -0.05) is 0 Å². The minimum Gasteiger partial charge on any atom is -0.481 e. The Morgan fingerprint density at radius 3 is 2.46 bits per heavy atom. The van der Waals surface area contributed by atoms with E-state index in [0.29, 0.717) is 29.0 Å². The fourth-order valence-corrected chi connectivity index (χ4v) is 3.38. The molecule has 15 heteroatoms. The molecule has 0 saturated carbocycles. The third-order valence-corrected chi connectivity index (χ3v) is 5.48. The summed E-state index contributed by atoms with van der Waals surface area (Å²) in [7, 11) is 6.05. The van der Waals surface area contributed by atoms with Crippen LogP contribution in [-0.4, -0.2) is 92.8 Å². The molecule has 2 aromatic heterocycles. The van der Waals surface area contributed by atoms with Gasteiger partial charge in [0.05, 0.1) is 45.3 Å². The molecule has 0 unspecified atom stereocenters. The van der Waals surface area contributed by atoms with Gasteiger partial charge in [0, 0.05) is 12.0 Å². The zero-order valence-electron chi connectivity index (χ0n) is 21.7. The third-order valence-electron chi connectivity index (χ3n) is 5.48. The molecular weight excluding hydrogens is 512 g/mol. The van der Waals surface area contributed by atoms with E-state index < -0.39 is 35.9 Å². The molecule has 15 nitrogen and oxygen atoms in total. The molecule has 208 valence electrons. The van der Waals surface area contributed by atoms with Gasteiger partial charge in [0.1, 0.15) is 19.2 Å². The number of hydrogen-bond donors (Lipinski definition) is 5. The Morgan fingerprint density at radius 2 is 1.85 bits per heavy atom. The van der Waals surface area contributed by atoms with Gasteiger partial charge in [-0.2, -0.15) is 4.98 Å². The van der Waals surface area contributed by atoms with Crippen LogP contribution in [-0.2, 0) is 21.0 Å². The summed E-state index contributed by atoms with van der Waals surface area (Å²) >= 11 is 0. The number of quaternary nitrogens is 1. The molecule has 39 heavy (non-hydrogen) atoms. The number of nitrogens with zero attached hydrogens (tertiary/aromatic N) is 5. The summed E-state index contributed by atoms with van der Waals surface area (Å²) in [6, 6.07) is 4.85. The van der Waals surface area contributed by atoms with E-state index in [0.717, 1.165) is 0 Å². The average Bonchev–Trinajstić information content (AvgIpc) is 2.85. The smallest absolute Gasteiger partial charge is 0.326 e. The first-order valence-corrected chi connectivity index (χ1v) is 11.9. The van der Waals surface area contributed by atoms with Crippen LogP contribution in [0, 0.1) is 0 Å². The van der Waals surface area contributed by atoms with Gasteiger partial charge in [0.25, 0.3) is 5.91 Å². The lowest BCUT2D eigenvalue weighted by Gasteiger charge is -2.28. The maximum Gasteiger partial charge on any atom is 0.326 e. The fraction of sp³-hybridized carbons (Fsp3) is 0.375. The van der Waals surface area contributed by atoms with Crippen LogP contribution in [0.15, 0.2) is 35.3 Å². The topological polar surface area (TPSA) is 214 Å². The number of rotatable bonds is 13. The Bertz CT molecular complexity index is 1400. The number of benzene rings is 1. The quantitative estimate of drug-likeness (QED) is 0.142. The molecule has 0 radical (unpaired) electrons. The van der Waals surface area contributed by atoms with Crippen LogP contribution in [0.5, 0.6) is 0 Å². The van der Waals surface area contributed by atoms with E-state index in [-0.39, 0.29) is 35.6 Å². The average molecular weight is 544 g/mol. The number of anilines is 2. The van der Waals surface area contributed by atoms with Crippen LogP contribution >= 0.6 is 0 Å². The summed E-state index contributed by atoms with van der Waals surface area (Å²) in [6.07, 6.45) is 0.821. The van der Waals surface area contributed by atoms with Crippen LogP contribution in [0.25, 0.3) is 11.2 Å². The van der Waals surface area contributed by atoms with E-state index >= 15 is 0 Å². The Morgan fingerprint density at radius 1 is 1.15 bits per heavy atom. The Hall–Kier alpha value is -4.63. The second-order valence-corrected chi connectivity index (χ2v) is 9.71. The largest absolute Gasteiger partial charge is 0.481 e. The number of carbonyl (C=O) groups is 3. The van der Waals surface area contributed by atoms with Gasteiger partial charge in [0.2, 0.25) is 5.95 Å². The number of likely N-dealkylation sites (N-methyl/N-ethyl adjacent to an activating group) is 1. The standard InChI is InChI=1S/C24H30N8O7/c1-32(2,3)10-11-39-31(13-15-12-26-20-19(27-15)22(36)30-24(25)29-20)16-6-4-14(5-7-16)21(35)28-17(23(37)38)8-9-18(33)34/h4-7,12,17H,8-11,13H2,1-3H3,(H5-,25,26,28,29,30,33,34,35,36,37,38)/p+1/t17-/m0/s1. The fourth-order valence-electron chi connectivity index (χ4n) is 3.38. The SMILES string of the molecule is C[N+](C)(C)CCON(Cc1cnc2[nH]c(N)nc(=O)c2n1)c1ccc(C(=O)N[C@@H](CCC(=O)O)C(=O)O)cc1. The predicted octanol–water partition coefficient (Wildman–Crippen LogP) is -0.0125. The molecule has 1 amide bonds. The van der Waals surface area contributed by atoms with Gasteiger partial charge in [0.15, 0.2) is 11.2 Å². The molecule has 6 N–H and O–H groups in total. The van der Waals surface area contributed by atoms with Crippen LogP contribution in [0.2, 0.25) is 0 Å². The van der Waals surface area contributed by atoms with Crippen LogP contribution in [0.4, 0.5) is 11.6 Å². The summed E-state index contributed by atoms with van der Waals surface area (Å²) in [4.78, 5) is 67.9. The number of amides is 1. The Kier molecular flexibility index (Phi) is 9.11. The molecule has 0 spiro atoms. The van der Waals surface area contributed by atoms with Crippen molar-refractivity contribution in [2.24, 2.45) is 0 Å². The maximum atomic E-state index is 12.6. The van der Waals surface area contributed by atoms with E-state index in [9.17, 15) is 24.3 Å². The highest BCUT2D eigenvalue weighted by Crippen LogP contribution is 2.19. The van der Waals surface area contributed by atoms with Crippen LogP contribution in [0.3, 0.4) is 0 Å². The molecule has 3 rings (SSSR count). The van der Waals surface area contributed by atoms with Gasteiger partial charge < -0.3 is 30.7 Å². The number of nitrogens with one attached hydrogen (secondary N) is 2. The number of nitrogens with two attached hydrogens (primary N) is 1. The number of aromatic nitrogens is 4. The minimum absolute atomic E-state index is 0.0240. The van der Waals surface area contributed by atoms with Crippen molar-refractivity contribution in [3.05, 3.63) is 52.1 Å². The lowest BCUT2D eigenvalue weighted by atomic mass is 10.1. The summed E-state index contributed by atoms with van der Waals surface area (Å²) in [5.74, 6) is -3.22. The lowest BCUT2D eigenvalue weighted by Crippen LogP contribution is -2.41. The van der Waals surface area contributed by atoms with Gasteiger partial charge >= 0.3 is 17.5 Å². The highest BCUT2D eigenvalue weighted by atomic mass is 16.7. The van der Waals surface area contributed by atoms with Gasteiger partial charge in [-0.25, -0.2) is 19.8 Å². The van der Waals surface area contributed by atoms with E-state index in [1.54, 1.807) is 17.2 Å².